The molecule has 0 aromatic heterocycles. The van der Waals surface area contributed by atoms with Crippen LogP contribution < -0.4 is 15.2 Å². The highest BCUT2D eigenvalue weighted by Gasteiger charge is 2.29. The average Bonchev–Trinajstić information content (AvgIpc) is 3.08. The lowest BCUT2D eigenvalue weighted by Crippen LogP contribution is -2.30. The monoisotopic (exact) mass is 385 g/mol. The lowest BCUT2D eigenvalue weighted by atomic mass is 10.00. The van der Waals surface area contributed by atoms with Crippen LogP contribution in [-0.4, -0.2) is 32.1 Å². The standard InChI is InChI=1S/C21H21ClFN3O/c1-25-9-8-19-17(21(25)11-14-4-3-5-16(10-14)27-2)13-26(24-19)20-7-6-15(23)12-18(20)22/h3-8,10,12,24H,9,11,13H2,1-2H3. The van der Waals surface area contributed by atoms with Crippen LogP contribution in [0.15, 0.2) is 65.5 Å². The summed E-state index contributed by atoms with van der Waals surface area (Å²) < 4.78 is 18.7. The molecule has 0 radical (unpaired) electrons. The Kier molecular flexibility index (Phi) is 4.70. The first-order valence-electron chi connectivity index (χ1n) is 8.81. The van der Waals surface area contributed by atoms with E-state index in [-0.39, 0.29) is 5.82 Å². The summed E-state index contributed by atoms with van der Waals surface area (Å²) >= 11 is 6.25. The Morgan fingerprint density at radius 2 is 2.07 bits per heavy atom. The molecule has 4 nitrogen and oxygen atoms in total. The minimum atomic E-state index is -0.336. The number of nitrogens with one attached hydrogen (secondary N) is 1. The number of likely N-dealkylation sites (N-methyl/N-ethyl adjacent to an activating group) is 1. The molecule has 2 aliphatic heterocycles. The van der Waals surface area contributed by atoms with Crippen LogP contribution in [0.4, 0.5) is 10.1 Å². The van der Waals surface area contributed by atoms with Crippen LogP contribution in [0.2, 0.25) is 5.02 Å². The molecule has 2 aromatic carbocycles. The van der Waals surface area contributed by atoms with E-state index < -0.39 is 0 Å². The van der Waals surface area contributed by atoms with Gasteiger partial charge in [0, 0.05) is 31.3 Å². The Morgan fingerprint density at radius 1 is 1.22 bits per heavy atom. The molecule has 27 heavy (non-hydrogen) atoms. The Hall–Kier alpha value is -2.66. The van der Waals surface area contributed by atoms with Crippen LogP contribution in [0.25, 0.3) is 0 Å². The van der Waals surface area contributed by atoms with Gasteiger partial charge in [-0.05, 0) is 42.0 Å². The smallest absolute Gasteiger partial charge is 0.124 e. The Balaban J connectivity index is 1.65. The van der Waals surface area contributed by atoms with Crippen LogP contribution in [-0.2, 0) is 6.42 Å². The van der Waals surface area contributed by atoms with E-state index in [9.17, 15) is 4.39 Å². The van der Waals surface area contributed by atoms with Crippen molar-refractivity contribution in [3.8, 4) is 5.75 Å². The van der Waals surface area contributed by atoms with Gasteiger partial charge in [-0.15, -0.1) is 0 Å². The van der Waals surface area contributed by atoms with Crippen molar-refractivity contribution in [3.63, 3.8) is 0 Å². The minimum absolute atomic E-state index is 0.336. The third-order valence-corrected chi connectivity index (χ3v) is 5.28. The van der Waals surface area contributed by atoms with Gasteiger partial charge in [-0.2, -0.15) is 0 Å². The number of ether oxygens (including phenoxy) is 1. The zero-order chi connectivity index (χ0) is 19.0. The van der Waals surface area contributed by atoms with Gasteiger partial charge in [0.1, 0.15) is 11.6 Å². The number of hydrogen-bond acceptors (Lipinski definition) is 4. The van der Waals surface area contributed by atoms with Crippen molar-refractivity contribution < 1.29 is 9.13 Å². The van der Waals surface area contributed by atoms with Crippen LogP contribution in [0.1, 0.15) is 5.56 Å². The van der Waals surface area contributed by atoms with E-state index in [1.165, 1.54) is 29.0 Å². The van der Waals surface area contributed by atoms with Crippen LogP contribution in [0, 0.1) is 5.82 Å². The maximum absolute atomic E-state index is 13.4. The number of hydrazine groups is 1. The fourth-order valence-corrected chi connectivity index (χ4v) is 3.81. The molecule has 2 heterocycles. The SMILES string of the molecule is COc1cccc(CC2=C3CN(c4ccc(F)cc4Cl)NC3=CCN2C)c1. The van der Waals surface area contributed by atoms with Crippen LogP contribution >= 0.6 is 11.6 Å². The lowest BCUT2D eigenvalue weighted by molar-refractivity contribution is 0.413. The molecule has 140 valence electrons. The predicted octanol–water partition coefficient (Wildman–Crippen LogP) is 4.14. The van der Waals surface area contributed by atoms with Gasteiger partial charge in [-0.3, -0.25) is 10.4 Å². The number of anilines is 1. The molecular formula is C21H21ClFN3O. The summed E-state index contributed by atoms with van der Waals surface area (Å²) in [7, 11) is 3.78. The molecule has 1 saturated heterocycles. The Labute approximate surface area is 163 Å². The van der Waals surface area contributed by atoms with Crippen molar-refractivity contribution in [3.05, 3.63) is 81.9 Å². The highest BCUT2D eigenvalue weighted by atomic mass is 35.5. The number of hydrogen-bond donors (Lipinski definition) is 1. The maximum Gasteiger partial charge on any atom is 0.124 e. The molecule has 0 bridgehead atoms. The molecular weight excluding hydrogens is 365 g/mol. The first-order chi connectivity index (χ1) is 13.0. The molecule has 0 saturated carbocycles. The van der Waals surface area contributed by atoms with Gasteiger partial charge in [-0.1, -0.05) is 23.7 Å². The van der Waals surface area contributed by atoms with E-state index in [2.05, 4.69) is 35.6 Å². The highest BCUT2D eigenvalue weighted by molar-refractivity contribution is 6.33. The second-order valence-corrected chi connectivity index (χ2v) is 7.15. The van der Waals surface area contributed by atoms with E-state index in [0.29, 0.717) is 11.6 Å². The van der Waals surface area contributed by atoms with Crippen LogP contribution in [0.3, 0.4) is 0 Å². The topological polar surface area (TPSA) is 27.7 Å². The molecule has 0 amide bonds. The number of halogens is 2. The van der Waals surface area contributed by atoms with E-state index in [4.69, 9.17) is 16.3 Å². The molecule has 0 spiro atoms. The normalized spacial score (nSPS) is 16.2. The number of methoxy groups -OCH3 is 1. The first kappa shape index (κ1) is 17.7. The summed E-state index contributed by atoms with van der Waals surface area (Å²) in [6.45, 7) is 1.50. The number of nitrogens with zero attached hydrogens (tertiary/aromatic N) is 2. The van der Waals surface area contributed by atoms with Crippen molar-refractivity contribution in [2.45, 2.75) is 6.42 Å². The van der Waals surface area contributed by atoms with Gasteiger partial charge in [-0.25, -0.2) is 4.39 Å². The third kappa shape index (κ3) is 3.47. The number of allylic oxidation sites excluding steroid dienone is 1. The number of rotatable bonds is 4. The second-order valence-electron chi connectivity index (χ2n) is 6.75. The van der Waals surface area contributed by atoms with Crippen molar-refractivity contribution in [2.24, 2.45) is 0 Å². The van der Waals surface area contributed by atoms with E-state index >= 15 is 0 Å². The van der Waals surface area contributed by atoms with Gasteiger partial charge in [0.25, 0.3) is 0 Å². The first-order valence-corrected chi connectivity index (χ1v) is 9.19. The van der Waals surface area contributed by atoms with Crippen molar-refractivity contribution in [1.29, 1.82) is 0 Å². The maximum atomic E-state index is 13.4. The van der Waals surface area contributed by atoms with Gasteiger partial charge >= 0.3 is 0 Å². The molecule has 1 fully saturated rings. The molecule has 2 aliphatic rings. The van der Waals surface area contributed by atoms with Crippen LogP contribution in [0.5, 0.6) is 5.75 Å². The second kappa shape index (κ2) is 7.16. The van der Waals surface area contributed by atoms with Crippen molar-refractivity contribution in [2.75, 3.05) is 32.3 Å². The summed E-state index contributed by atoms with van der Waals surface area (Å²) in [6, 6.07) is 12.6. The van der Waals surface area contributed by atoms with Gasteiger partial charge in [0.15, 0.2) is 0 Å². The fraction of sp³-hybridized carbons (Fsp3) is 0.238. The highest BCUT2D eigenvalue weighted by Crippen LogP contribution is 2.34. The molecule has 0 unspecified atom stereocenters. The van der Waals surface area contributed by atoms with E-state index in [1.54, 1.807) is 13.2 Å². The molecule has 2 aromatic rings. The number of benzene rings is 2. The summed E-state index contributed by atoms with van der Waals surface area (Å²) in [4.78, 5) is 2.26. The quantitative estimate of drug-likeness (QED) is 0.856. The zero-order valence-corrected chi connectivity index (χ0v) is 16.1. The van der Waals surface area contributed by atoms with Gasteiger partial charge in [0.2, 0.25) is 0 Å². The molecule has 0 atom stereocenters. The Morgan fingerprint density at radius 3 is 2.85 bits per heavy atom. The summed E-state index contributed by atoms with van der Waals surface area (Å²) in [5, 5.41) is 2.36. The lowest BCUT2D eigenvalue weighted by Gasteiger charge is -2.27. The van der Waals surface area contributed by atoms with Crippen molar-refractivity contribution in [1.82, 2.24) is 10.3 Å². The molecule has 6 heteroatoms. The minimum Gasteiger partial charge on any atom is -0.497 e. The largest absolute Gasteiger partial charge is 0.497 e. The third-order valence-electron chi connectivity index (χ3n) is 4.98. The summed E-state index contributed by atoms with van der Waals surface area (Å²) in [5.41, 5.74) is 8.95. The average molecular weight is 386 g/mol. The zero-order valence-electron chi connectivity index (χ0n) is 15.3. The molecule has 4 rings (SSSR count). The summed E-state index contributed by atoms with van der Waals surface area (Å²) in [6.07, 6.45) is 2.98. The van der Waals surface area contributed by atoms with E-state index in [0.717, 1.165) is 30.1 Å². The molecule has 0 aliphatic carbocycles. The predicted molar refractivity (Wildman–Crippen MR) is 106 cm³/mol. The molecule has 1 N–H and O–H groups in total. The van der Waals surface area contributed by atoms with Gasteiger partial charge < -0.3 is 9.64 Å². The van der Waals surface area contributed by atoms with Crippen molar-refractivity contribution >= 4 is 17.3 Å². The fourth-order valence-electron chi connectivity index (χ4n) is 3.54. The van der Waals surface area contributed by atoms with Gasteiger partial charge in [0.05, 0.1) is 30.1 Å². The van der Waals surface area contributed by atoms with E-state index in [1.807, 2.05) is 17.1 Å². The summed E-state index contributed by atoms with van der Waals surface area (Å²) in [5.74, 6) is 0.522. The Bertz CT molecular complexity index is 941. The number of fused-ring (bicyclic) bond motifs is 1.